The summed E-state index contributed by atoms with van der Waals surface area (Å²) in [5.41, 5.74) is 0.940. The first-order valence-electron chi connectivity index (χ1n) is 6.75. The number of hydrogen-bond donors (Lipinski definition) is 2. The molecule has 0 saturated carbocycles. The van der Waals surface area contributed by atoms with Gasteiger partial charge in [-0.1, -0.05) is 19.9 Å². The van der Waals surface area contributed by atoms with Gasteiger partial charge < -0.3 is 24.6 Å². The number of ether oxygens (including phenoxy) is 1. The summed E-state index contributed by atoms with van der Waals surface area (Å²) in [6.07, 6.45) is -0.583. The van der Waals surface area contributed by atoms with Gasteiger partial charge in [0.25, 0.3) is 0 Å². The average Bonchev–Trinajstić information content (AvgIpc) is 2.70. The topological polar surface area (TPSA) is 67.8 Å². The lowest BCUT2D eigenvalue weighted by molar-refractivity contribution is 0.103. The molecule has 1 heterocycles. The van der Waals surface area contributed by atoms with Crippen molar-refractivity contribution in [2.45, 2.75) is 30.9 Å². The van der Waals surface area contributed by atoms with Gasteiger partial charge >= 0.3 is 0 Å². The molecule has 0 fully saturated rings. The standard InChI is InChI=1S/C14H22N2O3S/c1-10(2)15-7-11(17)8-19-13-6-4-5-12-14(13)20(18)9-16(12)3/h4-6,10-11,15,17H,7-9H2,1-3H3. The van der Waals surface area contributed by atoms with E-state index in [4.69, 9.17) is 4.74 Å². The molecular weight excluding hydrogens is 276 g/mol. The van der Waals surface area contributed by atoms with Gasteiger partial charge in [0.15, 0.2) is 11.6 Å². The maximum atomic E-state index is 12.1. The monoisotopic (exact) mass is 298 g/mol. The van der Waals surface area contributed by atoms with Crippen LogP contribution in [0.25, 0.3) is 0 Å². The summed E-state index contributed by atoms with van der Waals surface area (Å²) in [4.78, 5) is 2.69. The van der Waals surface area contributed by atoms with Crippen molar-refractivity contribution in [3.05, 3.63) is 18.2 Å². The van der Waals surface area contributed by atoms with E-state index in [1.165, 1.54) is 0 Å². The maximum absolute atomic E-state index is 12.1. The minimum Gasteiger partial charge on any atom is -0.610 e. The van der Waals surface area contributed by atoms with Gasteiger partial charge in [0.05, 0.1) is 0 Å². The fourth-order valence-corrected chi connectivity index (χ4v) is 3.50. The average molecular weight is 298 g/mol. The summed E-state index contributed by atoms with van der Waals surface area (Å²) >= 11 is -1.06. The number of anilines is 1. The third-order valence-corrected chi connectivity index (χ3v) is 4.59. The Hall–Kier alpha value is -0.950. The first-order valence-corrected chi connectivity index (χ1v) is 8.07. The highest BCUT2D eigenvalue weighted by atomic mass is 32.2. The molecule has 1 aromatic carbocycles. The van der Waals surface area contributed by atoms with E-state index in [0.717, 1.165) is 10.6 Å². The Labute approximate surface area is 123 Å². The molecule has 0 bridgehead atoms. The van der Waals surface area contributed by atoms with Crippen LogP contribution in [0.2, 0.25) is 0 Å². The number of hydrogen-bond acceptors (Lipinski definition) is 5. The van der Waals surface area contributed by atoms with Crippen molar-refractivity contribution in [3.63, 3.8) is 0 Å². The molecule has 5 nitrogen and oxygen atoms in total. The van der Waals surface area contributed by atoms with Gasteiger partial charge in [-0.25, -0.2) is 0 Å². The minimum absolute atomic E-state index is 0.192. The van der Waals surface area contributed by atoms with E-state index in [0.29, 0.717) is 24.2 Å². The van der Waals surface area contributed by atoms with Crippen LogP contribution in [0.1, 0.15) is 13.8 Å². The molecule has 2 rings (SSSR count). The molecule has 6 heteroatoms. The van der Waals surface area contributed by atoms with E-state index in [1.54, 1.807) is 6.07 Å². The van der Waals surface area contributed by atoms with Crippen LogP contribution < -0.4 is 15.0 Å². The zero-order valence-corrected chi connectivity index (χ0v) is 12.9. The molecule has 1 aromatic rings. The summed E-state index contributed by atoms with van der Waals surface area (Å²) in [6.45, 7) is 4.72. The van der Waals surface area contributed by atoms with Gasteiger partial charge in [-0.05, 0) is 12.1 Å². The van der Waals surface area contributed by atoms with Crippen molar-refractivity contribution in [3.8, 4) is 5.75 Å². The van der Waals surface area contributed by atoms with E-state index >= 15 is 0 Å². The second-order valence-corrected chi connectivity index (χ2v) is 6.66. The third kappa shape index (κ3) is 3.58. The fourth-order valence-electron chi connectivity index (χ4n) is 2.07. The van der Waals surface area contributed by atoms with E-state index < -0.39 is 17.3 Å². The molecule has 0 radical (unpaired) electrons. The Balaban J connectivity index is 1.97. The zero-order chi connectivity index (χ0) is 14.7. The first-order chi connectivity index (χ1) is 9.49. The number of benzene rings is 1. The van der Waals surface area contributed by atoms with E-state index in [-0.39, 0.29) is 6.61 Å². The highest BCUT2D eigenvalue weighted by Crippen LogP contribution is 2.39. The molecule has 112 valence electrons. The van der Waals surface area contributed by atoms with Gasteiger partial charge in [0, 0.05) is 30.8 Å². The van der Waals surface area contributed by atoms with Crippen LogP contribution in [0.4, 0.5) is 5.69 Å². The summed E-state index contributed by atoms with van der Waals surface area (Å²) in [7, 11) is 1.91. The zero-order valence-electron chi connectivity index (χ0n) is 12.1. The molecule has 2 atom stereocenters. The molecule has 2 N–H and O–H groups in total. The van der Waals surface area contributed by atoms with Crippen LogP contribution in [0, 0.1) is 0 Å². The number of nitrogens with one attached hydrogen (secondary N) is 1. The van der Waals surface area contributed by atoms with Crippen LogP contribution in [-0.4, -0.2) is 47.9 Å². The Morgan fingerprint density at radius 3 is 2.95 bits per heavy atom. The summed E-state index contributed by atoms with van der Waals surface area (Å²) in [5, 5.41) is 13.0. The Kier molecular flexibility index (Phi) is 5.15. The molecule has 0 amide bonds. The van der Waals surface area contributed by atoms with Gasteiger partial charge in [0.2, 0.25) is 4.90 Å². The van der Waals surface area contributed by atoms with Crippen LogP contribution in [0.15, 0.2) is 23.1 Å². The van der Waals surface area contributed by atoms with Crippen molar-refractivity contribution in [1.82, 2.24) is 5.32 Å². The Morgan fingerprint density at radius 1 is 1.50 bits per heavy atom. The quantitative estimate of drug-likeness (QED) is 0.765. The van der Waals surface area contributed by atoms with Crippen LogP contribution >= 0.6 is 0 Å². The number of aliphatic hydroxyl groups is 1. The molecule has 1 aliphatic rings. The largest absolute Gasteiger partial charge is 0.610 e. The predicted molar refractivity (Wildman–Crippen MR) is 80.8 cm³/mol. The van der Waals surface area contributed by atoms with Crippen molar-refractivity contribution < 1.29 is 14.4 Å². The minimum atomic E-state index is -1.06. The lowest BCUT2D eigenvalue weighted by Crippen LogP contribution is -2.35. The number of fused-ring (bicyclic) bond motifs is 1. The normalized spacial score (nSPS) is 19.3. The van der Waals surface area contributed by atoms with Gasteiger partial charge in [-0.15, -0.1) is 0 Å². The van der Waals surface area contributed by atoms with Crippen molar-refractivity contribution >= 4 is 16.9 Å². The van der Waals surface area contributed by atoms with Crippen LogP contribution in [0.3, 0.4) is 0 Å². The molecule has 0 aromatic heterocycles. The smallest absolute Gasteiger partial charge is 0.219 e. The molecule has 1 aliphatic heterocycles. The SMILES string of the molecule is CC(C)NCC(O)COc1cccc2c1[S+]([O-])CN2C. The first kappa shape index (κ1) is 15.4. The van der Waals surface area contributed by atoms with Crippen LogP contribution in [0.5, 0.6) is 5.75 Å². The van der Waals surface area contributed by atoms with E-state index in [2.05, 4.69) is 5.32 Å². The molecule has 0 aliphatic carbocycles. The highest BCUT2D eigenvalue weighted by molar-refractivity contribution is 7.92. The maximum Gasteiger partial charge on any atom is 0.219 e. The highest BCUT2D eigenvalue weighted by Gasteiger charge is 2.32. The lowest BCUT2D eigenvalue weighted by Gasteiger charge is -2.16. The van der Waals surface area contributed by atoms with E-state index in [9.17, 15) is 9.66 Å². The number of aliphatic hydroxyl groups excluding tert-OH is 1. The third-order valence-electron chi connectivity index (χ3n) is 3.10. The van der Waals surface area contributed by atoms with Gasteiger partial charge in [-0.3, -0.25) is 0 Å². The van der Waals surface area contributed by atoms with Crippen LogP contribution in [-0.2, 0) is 11.2 Å². The number of nitrogens with zero attached hydrogens (tertiary/aromatic N) is 1. The molecule has 0 spiro atoms. The Bertz CT molecular complexity index is 456. The Morgan fingerprint density at radius 2 is 2.25 bits per heavy atom. The predicted octanol–water partition coefficient (Wildman–Crippen LogP) is 0.939. The molecular formula is C14H22N2O3S. The van der Waals surface area contributed by atoms with Crippen molar-refractivity contribution in [2.24, 2.45) is 0 Å². The van der Waals surface area contributed by atoms with Gasteiger partial charge in [0.1, 0.15) is 18.4 Å². The summed E-state index contributed by atoms with van der Waals surface area (Å²) in [5.74, 6) is 1.10. The lowest BCUT2D eigenvalue weighted by atomic mass is 10.3. The van der Waals surface area contributed by atoms with Gasteiger partial charge in [-0.2, -0.15) is 0 Å². The second-order valence-electron chi connectivity index (χ2n) is 5.30. The fraction of sp³-hybridized carbons (Fsp3) is 0.571. The van der Waals surface area contributed by atoms with Crippen molar-refractivity contribution in [2.75, 3.05) is 31.0 Å². The molecule has 20 heavy (non-hydrogen) atoms. The second kappa shape index (κ2) is 6.67. The van der Waals surface area contributed by atoms with E-state index in [1.807, 2.05) is 37.9 Å². The van der Waals surface area contributed by atoms with Crippen molar-refractivity contribution in [1.29, 1.82) is 0 Å². The summed E-state index contributed by atoms with van der Waals surface area (Å²) < 4.78 is 17.7. The molecule has 0 saturated heterocycles. The molecule has 2 unspecified atom stereocenters. The summed E-state index contributed by atoms with van der Waals surface area (Å²) in [6, 6.07) is 5.95. The number of rotatable bonds is 6.